The van der Waals surface area contributed by atoms with Crippen LogP contribution in [0.3, 0.4) is 0 Å². The van der Waals surface area contributed by atoms with Crippen LogP contribution in [0.2, 0.25) is 10.0 Å². The van der Waals surface area contributed by atoms with Crippen molar-refractivity contribution >= 4 is 46.4 Å². The van der Waals surface area contributed by atoms with Crippen LogP contribution in [0.15, 0.2) is 42.5 Å². The number of benzene rings is 2. The molecule has 0 atom stereocenters. The van der Waals surface area contributed by atoms with Gasteiger partial charge >= 0.3 is 11.8 Å². The maximum Gasteiger partial charge on any atom is 0.314 e. The molecule has 0 heterocycles. The summed E-state index contributed by atoms with van der Waals surface area (Å²) in [5.74, 6) is -1.22. The fraction of sp³-hybridized carbons (Fsp3) is 0.0667. The number of carbonyl (C=O) groups is 2. The van der Waals surface area contributed by atoms with Crippen molar-refractivity contribution in [1.29, 1.82) is 0 Å². The van der Waals surface area contributed by atoms with Crippen molar-refractivity contribution in [2.75, 3.05) is 17.7 Å². The number of anilines is 2. The molecule has 22 heavy (non-hydrogen) atoms. The lowest BCUT2D eigenvalue weighted by atomic mass is 10.3. The number of hydrogen-bond donors (Lipinski definition) is 2. The largest absolute Gasteiger partial charge is 0.495 e. The molecular weight excluding hydrogens is 327 g/mol. The van der Waals surface area contributed by atoms with Gasteiger partial charge in [0.2, 0.25) is 0 Å². The van der Waals surface area contributed by atoms with Crippen LogP contribution in [0, 0.1) is 0 Å². The molecule has 0 spiro atoms. The molecule has 0 saturated carbocycles. The van der Waals surface area contributed by atoms with Crippen LogP contribution in [0.25, 0.3) is 0 Å². The van der Waals surface area contributed by atoms with Crippen molar-refractivity contribution in [2.45, 2.75) is 0 Å². The Morgan fingerprint density at radius 1 is 0.955 bits per heavy atom. The highest BCUT2D eigenvalue weighted by Crippen LogP contribution is 2.24. The van der Waals surface area contributed by atoms with E-state index < -0.39 is 11.8 Å². The van der Waals surface area contributed by atoms with Crippen LogP contribution in [-0.4, -0.2) is 18.9 Å². The Bertz CT molecular complexity index is 699. The summed E-state index contributed by atoms with van der Waals surface area (Å²) < 4.78 is 5.09. The molecule has 2 N–H and O–H groups in total. The van der Waals surface area contributed by atoms with Crippen molar-refractivity contribution in [3.63, 3.8) is 0 Å². The average Bonchev–Trinajstić information content (AvgIpc) is 2.46. The predicted octanol–water partition coefficient (Wildman–Crippen LogP) is 3.58. The Kier molecular flexibility index (Phi) is 5.25. The number of carbonyl (C=O) groups excluding carboxylic acids is 2. The molecule has 2 amide bonds. The van der Waals surface area contributed by atoms with E-state index >= 15 is 0 Å². The maximum absolute atomic E-state index is 11.9. The normalized spacial score (nSPS) is 9.95. The van der Waals surface area contributed by atoms with Crippen LogP contribution in [0.5, 0.6) is 5.75 Å². The minimum absolute atomic E-state index is 0.331. The van der Waals surface area contributed by atoms with Gasteiger partial charge in [-0.05, 0) is 30.3 Å². The van der Waals surface area contributed by atoms with Crippen LogP contribution in [0.1, 0.15) is 0 Å². The summed E-state index contributed by atoms with van der Waals surface area (Å²) in [6.45, 7) is 0. The molecule has 0 radical (unpaired) electrons. The van der Waals surface area contributed by atoms with Crippen molar-refractivity contribution in [3.8, 4) is 5.75 Å². The minimum Gasteiger partial charge on any atom is -0.495 e. The lowest BCUT2D eigenvalue weighted by molar-refractivity contribution is -0.133. The van der Waals surface area contributed by atoms with Crippen LogP contribution < -0.4 is 15.4 Å². The van der Waals surface area contributed by atoms with Gasteiger partial charge in [0.1, 0.15) is 5.75 Å². The number of nitrogens with one attached hydrogen (secondary N) is 2. The number of amides is 2. The van der Waals surface area contributed by atoms with Crippen molar-refractivity contribution in [2.24, 2.45) is 0 Å². The number of ether oxygens (including phenoxy) is 1. The Morgan fingerprint density at radius 3 is 2.18 bits per heavy atom. The fourth-order valence-electron chi connectivity index (χ4n) is 1.74. The van der Waals surface area contributed by atoms with Gasteiger partial charge in [0.15, 0.2) is 0 Å². The summed E-state index contributed by atoms with van der Waals surface area (Å²) in [5, 5.41) is 5.60. The van der Waals surface area contributed by atoms with E-state index in [1.54, 1.807) is 24.3 Å². The van der Waals surface area contributed by atoms with Gasteiger partial charge in [-0.15, -0.1) is 0 Å². The standard InChI is InChI=1S/C15H12Cl2N2O3/c1-22-13-5-3-2-4-12(13)19-15(21)14(20)18-11-7-9(16)6-10(17)8-11/h2-8H,1H3,(H,18,20)(H,19,21). The summed E-state index contributed by atoms with van der Waals surface area (Å²) in [6.07, 6.45) is 0. The lowest BCUT2D eigenvalue weighted by Gasteiger charge is -2.10. The van der Waals surface area contributed by atoms with E-state index in [1.807, 2.05) is 0 Å². The Morgan fingerprint density at radius 2 is 1.55 bits per heavy atom. The second kappa shape index (κ2) is 7.15. The molecule has 0 aliphatic heterocycles. The van der Waals surface area contributed by atoms with E-state index in [0.717, 1.165) is 0 Å². The highest BCUT2D eigenvalue weighted by Gasteiger charge is 2.16. The van der Waals surface area contributed by atoms with Gasteiger partial charge in [0.25, 0.3) is 0 Å². The topological polar surface area (TPSA) is 67.4 Å². The molecule has 0 saturated heterocycles. The van der Waals surface area contributed by atoms with E-state index in [0.29, 0.717) is 27.2 Å². The SMILES string of the molecule is COc1ccccc1NC(=O)C(=O)Nc1cc(Cl)cc(Cl)c1. The number of methoxy groups -OCH3 is 1. The summed E-state index contributed by atoms with van der Waals surface area (Å²) in [4.78, 5) is 23.8. The fourth-order valence-corrected chi connectivity index (χ4v) is 2.27. The van der Waals surface area contributed by atoms with E-state index in [2.05, 4.69) is 10.6 Å². The molecule has 5 nitrogen and oxygen atoms in total. The summed E-state index contributed by atoms with van der Waals surface area (Å²) in [5.41, 5.74) is 0.729. The second-order valence-electron chi connectivity index (χ2n) is 4.27. The maximum atomic E-state index is 11.9. The zero-order valence-electron chi connectivity index (χ0n) is 11.5. The molecule has 2 rings (SSSR count). The minimum atomic E-state index is -0.843. The lowest BCUT2D eigenvalue weighted by Crippen LogP contribution is -2.29. The van der Waals surface area contributed by atoms with E-state index in [-0.39, 0.29) is 0 Å². The van der Waals surface area contributed by atoms with Gasteiger partial charge in [-0.2, -0.15) is 0 Å². The summed E-state index contributed by atoms with van der Waals surface area (Å²) >= 11 is 11.7. The third-order valence-electron chi connectivity index (χ3n) is 2.68. The molecule has 114 valence electrons. The molecule has 0 fully saturated rings. The first-order valence-corrected chi connectivity index (χ1v) is 6.96. The number of halogens is 2. The first-order chi connectivity index (χ1) is 10.5. The van der Waals surface area contributed by atoms with Crippen LogP contribution >= 0.6 is 23.2 Å². The molecule has 0 unspecified atom stereocenters. The molecule has 0 aromatic heterocycles. The second-order valence-corrected chi connectivity index (χ2v) is 5.14. The Balaban J connectivity index is 2.07. The van der Waals surface area contributed by atoms with Gasteiger partial charge in [-0.25, -0.2) is 0 Å². The highest BCUT2D eigenvalue weighted by molar-refractivity contribution is 6.44. The predicted molar refractivity (Wildman–Crippen MR) is 86.7 cm³/mol. The first-order valence-electron chi connectivity index (χ1n) is 6.21. The number of hydrogen-bond acceptors (Lipinski definition) is 3. The highest BCUT2D eigenvalue weighted by atomic mass is 35.5. The Labute approximate surface area is 137 Å². The van der Waals surface area contributed by atoms with Gasteiger partial charge in [-0.1, -0.05) is 35.3 Å². The molecule has 0 aliphatic rings. The smallest absolute Gasteiger partial charge is 0.314 e. The zero-order valence-corrected chi connectivity index (χ0v) is 13.0. The number of para-hydroxylation sites is 2. The summed E-state index contributed by atoms with van der Waals surface area (Å²) in [7, 11) is 1.47. The van der Waals surface area contributed by atoms with Gasteiger partial charge in [-0.3, -0.25) is 9.59 Å². The first kappa shape index (κ1) is 16.1. The van der Waals surface area contributed by atoms with Gasteiger partial charge in [0, 0.05) is 15.7 Å². The quantitative estimate of drug-likeness (QED) is 0.840. The van der Waals surface area contributed by atoms with Crippen LogP contribution in [0.4, 0.5) is 11.4 Å². The van der Waals surface area contributed by atoms with Crippen molar-refractivity contribution < 1.29 is 14.3 Å². The third kappa shape index (κ3) is 4.13. The Hall–Kier alpha value is -2.24. The van der Waals surface area contributed by atoms with E-state index in [9.17, 15) is 9.59 Å². The molecule has 0 aliphatic carbocycles. The molecule has 7 heteroatoms. The third-order valence-corrected chi connectivity index (χ3v) is 3.12. The summed E-state index contributed by atoms with van der Waals surface area (Å²) in [6, 6.07) is 11.3. The van der Waals surface area contributed by atoms with Crippen LogP contribution in [-0.2, 0) is 9.59 Å². The van der Waals surface area contributed by atoms with Crippen molar-refractivity contribution in [3.05, 3.63) is 52.5 Å². The zero-order chi connectivity index (χ0) is 16.1. The van der Waals surface area contributed by atoms with Gasteiger partial charge in [0.05, 0.1) is 12.8 Å². The monoisotopic (exact) mass is 338 g/mol. The molecule has 2 aromatic carbocycles. The molecular formula is C15H12Cl2N2O3. The van der Waals surface area contributed by atoms with E-state index in [1.165, 1.54) is 25.3 Å². The van der Waals surface area contributed by atoms with E-state index in [4.69, 9.17) is 27.9 Å². The van der Waals surface area contributed by atoms with Crippen molar-refractivity contribution in [1.82, 2.24) is 0 Å². The molecule has 2 aromatic rings. The van der Waals surface area contributed by atoms with Gasteiger partial charge < -0.3 is 15.4 Å². The average molecular weight is 339 g/mol. The molecule has 0 bridgehead atoms. The number of rotatable bonds is 3.